The minimum absolute atomic E-state index is 0.0109. The molecule has 76 heavy (non-hydrogen) atoms. The van der Waals surface area contributed by atoms with Crippen LogP contribution in [0.15, 0.2) is 11.6 Å². The van der Waals surface area contributed by atoms with E-state index in [2.05, 4.69) is 19.9 Å². The zero-order valence-electron chi connectivity index (χ0n) is 44.6. The monoisotopic (exact) mass is 1110 g/mol. The molecule has 8 aliphatic rings. The smallest absolute Gasteiger partial charge is 0.389 e. The maximum atomic E-state index is 13.2. The number of Topliss-reactive ketones (excluding diaryl/α,β-unsaturated/α-hetero) is 1. The van der Waals surface area contributed by atoms with E-state index in [0.717, 1.165) is 5.57 Å². The van der Waals surface area contributed by atoms with E-state index in [9.17, 15) is 73.9 Å². The van der Waals surface area contributed by atoms with Crippen LogP contribution < -0.4 is 0 Å². The van der Waals surface area contributed by atoms with Crippen molar-refractivity contribution >= 4 is 16.2 Å². The second-order valence-corrected chi connectivity index (χ2v) is 25.5. The van der Waals surface area contributed by atoms with Crippen LogP contribution in [-0.2, 0) is 57.3 Å². The summed E-state index contributed by atoms with van der Waals surface area (Å²) in [6, 6.07) is 0. The summed E-state index contributed by atoms with van der Waals surface area (Å²) in [5, 5.41) is 124. The van der Waals surface area contributed by atoms with Crippen molar-refractivity contribution in [3.63, 3.8) is 0 Å². The first-order valence-electron chi connectivity index (χ1n) is 26.9. The van der Waals surface area contributed by atoms with Gasteiger partial charge in [0.05, 0.1) is 36.1 Å². The lowest BCUT2D eigenvalue weighted by molar-refractivity contribution is -0.431. The Morgan fingerprint density at radius 3 is 1.86 bits per heavy atom. The average molecular weight is 1110 g/mol. The molecule has 4 saturated heterocycles. The van der Waals surface area contributed by atoms with E-state index in [-0.39, 0.29) is 48.7 Å². The Labute approximate surface area is 443 Å². The molecule has 28 atom stereocenters. The molecule has 25 unspecified atom stereocenters. The first-order chi connectivity index (χ1) is 35.2. The second-order valence-electron chi connectivity index (χ2n) is 24.5. The van der Waals surface area contributed by atoms with Crippen LogP contribution in [0.4, 0.5) is 0 Å². The van der Waals surface area contributed by atoms with Crippen molar-refractivity contribution in [3.8, 4) is 0 Å². The zero-order chi connectivity index (χ0) is 56.1. The number of aliphatic hydroxyl groups excluding tert-OH is 8. The number of fused-ring (bicyclic) bond motifs is 5. The van der Waals surface area contributed by atoms with Gasteiger partial charge in [-0.1, -0.05) is 39.3 Å². The van der Waals surface area contributed by atoms with Crippen LogP contribution in [0.5, 0.6) is 0 Å². The van der Waals surface area contributed by atoms with Gasteiger partial charge in [-0.25, -0.2) is 4.18 Å². The van der Waals surface area contributed by atoms with Gasteiger partial charge < -0.3 is 94.1 Å². The number of allylic oxidation sites excluding steroid dienone is 2. The van der Waals surface area contributed by atoms with Gasteiger partial charge in [-0.15, -0.1) is 0 Å². The van der Waals surface area contributed by atoms with E-state index >= 15 is 0 Å². The molecular weight excluding hydrogens is 1030 g/mol. The number of aliphatic hydroxyl groups is 11. The molecule has 4 aliphatic heterocycles. The molecule has 4 aliphatic carbocycles. The predicted octanol–water partition coefficient (Wildman–Crippen LogP) is -0.792. The van der Waals surface area contributed by atoms with Crippen molar-refractivity contribution in [1.82, 2.24) is 0 Å². The standard InChI is InChI=1S/C51H84O24S/c1-20(2)16-25(52)19-50(9,61)32-11-10-28-27-18-31(30-17-26(75-76(64,65)66)12-14-48(30,7)29(27)13-15-49(28,32)8)71-46-40(60)43(51(62,63)24(6)70-46)74-47-42(73-45-38(58)36(56)34(54)22(4)68-45)39(59)41(23(5)69-47)72-44-37(57)35(55)33(53)21(3)67-44/h13,20-24,26-28,30-47,53-63H,10-12,14-19H2,1-9H3,(H,64,65,66)/t21?,22?,23?,24?,26?,27?,28?,30-,31+,32?,33?,34?,35?,36?,37?,38?,39?,40?,41?,42?,43?,44?,45?,46?,47?,48?,49?,50+/m1/s1. The van der Waals surface area contributed by atoms with Gasteiger partial charge in [-0.05, 0) is 120 Å². The maximum Gasteiger partial charge on any atom is 0.397 e. The summed E-state index contributed by atoms with van der Waals surface area (Å²) < 4.78 is 87.9. The Balaban J connectivity index is 1.09. The summed E-state index contributed by atoms with van der Waals surface area (Å²) in [5.74, 6) is -3.88. The number of ether oxygens (including phenoxy) is 8. The van der Waals surface area contributed by atoms with E-state index in [1.54, 1.807) is 6.92 Å². The van der Waals surface area contributed by atoms with Crippen molar-refractivity contribution in [3.05, 3.63) is 11.6 Å². The third kappa shape index (κ3) is 11.5. The Morgan fingerprint density at radius 2 is 1.28 bits per heavy atom. The Hall–Kier alpha value is -1.48. The fourth-order valence-corrected chi connectivity index (χ4v) is 15.1. The molecule has 4 heterocycles. The minimum Gasteiger partial charge on any atom is -0.389 e. The number of hydrogen-bond acceptors (Lipinski definition) is 23. The summed E-state index contributed by atoms with van der Waals surface area (Å²) in [4.78, 5) is 13.2. The normalized spacial score (nSPS) is 50.5. The quantitative estimate of drug-likeness (QED) is 0.0543. The van der Waals surface area contributed by atoms with Crippen molar-refractivity contribution in [1.29, 1.82) is 0 Å². The zero-order valence-corrected chi connectivity index (χ0v) is 45.4. The highest BCUT2D eigenvalue weighted by atomic mass is 32.3. The number of carbonyl (C=O) groups excluding carboxylic acids is 1. The molecule has 0 spiro atoms. The first-order valence-corrected chi connectivity index (χ1v) is 28.3. The molecule has 8 rings (SSSR count). The van der Waals surface area contributed by atoms with Crippen LogP contribution in [0.3, 0.4) is 0 Å². The van der Waals surface area contributed by atoms with Gasteiger partial charge in [-0.3, -0.25) is 9.35 Å². The molecule has 3 saturated carbocycles. The Morgan fingerprint density at radius 1 is 0.711 bits per heavy atom. The molecule has 0 aromatic carbocycles. The Kier molecular flexibility index (Phi) is 17.8. The van der Waals surface area contributed by atoms with E-state index in [4.69, 9.17) is 42.1 Å². The molecule has 7 fully saturated rings. The summed E-state index contributed by atoms with van der Waals surface area (Å²) in [7, 11) is -4.88. The molecule has 0 aromatic rings. The minimum atomic E-state index is -4.88. The third-order valence-corrected chi connectivity index (χ3v) is 19.2. The van der Waals surface area contributed by atoms with Gasteiger partial charge >= 0.3 is 10.4 Å². The SMILES string of the molecule is CC(C)CC(=O)C[C@](C)(O)C1CCC2C3C[C@H](OC4OC(C)C(O)(O)C(OC5OC(C)C(OC6OC(C)C(O)C(O)C6O)C(O)C5OC5OC(C)C(O)C(O)C5O)C4O)[C@H]4CC(OS(=O)(=O)O)CCC4(C)C3=CCC21C. The highest BCUT2D eigenvalue weighted by molar-refractivity contribution is 7.80. The van der Waals surface area contributed by atoms with Crippen LogP contribution in [0.1, 0.15) is 120 Å². The largest absolute Gasteiger partial charge is 0.397 e. The lowest BCUT2D eigenvalue weighted by Gasteiger charge is -2.60. The van der Waals surface area contributed by atoms with E-state index in [1.807, 2.05) is 13.8 Å². The van der Waals surface area contributed by atoms with Gasteiger partial charge in [0.2, 0.25) is 5.79 Å². The molecule has 0 amide bonds. The van der Waals surface area contributed by atoms with Crippen LogP contribution in [0.25, 0.3) is 0 Å². The first kappa shape index (κ1) is 60.6. The number of carbonyl (C=O) groups is 1. The van der Waals surface area contributed by atoms with E-state index in [1.165, 1.54) is 27.7 Å². The summed E-state index contributed by atoms with van der Waals surface area (Å²) in [6.07, 6.45) is -28.3. The Bertz CT molecular complexity index is 2180. The summed E-state index contributed by atoms with van der Waals surface area (Å²) in [5.41, 5.74) is -1.28. The van der Waals surface area contributed by atoms with Crippen molar-refractivity contribution < 1.29 is 116 Å². The van der Waals surface area contributed by atoms with Crippen LogP contribution in [-0.4, -0.2) is 215 Å². The van der Waals surface area contributed by atoms with Gasteiger partial charge in [0, 0.05) is 12.8 Å². The van der Waals surface area contributed by atoms with Gasteiger partial charge in [0.25, 0.3) is 0 Å². The van der Waals surface area contributed by atoms with E-state index < -0.39 is 167 Å². The lowest BCUT2D eigenvalue weighted by Crippen LogP contribution is -2.70. The van der Waals surface area contributed by atoms with Gasteiger partial charge in [0.1, 0.15) is 79.0 Å². The number of ketones is 1. The molecule has 0 radical (unpaired) electrons. The average Bonchev–Trinajstić information content (AvgIpc) is 3.70. The van der Waals surface area contributed by atoms with Crippen LogP contribution in [0, 0.1) is 40.4 Å². The maximum absolute atomic E-state index is 13.2. The highest BCUT2D eigenvalue weighted by Crippen LogP contribution is 2.67. The highest BCUT2D eigenvalue weighted by Gasteiger charge is 2.64. The fourth-order valence-electron chi connectivity index (χ4n) is 14.6. The summed E-state index contributed by atoms with van der Waals surface area (Å²) >= 11 is 0. The summed E-state index contributed by atoms with van der Waals surface area (Å²) in [6.45, 7) is 15.3. The lowest BCUT2D eigenvalue weighted by atomic mass is 9.47. The van der Waals surface area contributed by atoms with Gasteiger partial charge in [-0.2, -0.15) is 8.42 Å². The molecule has 0 aromatic heterocycles. The second kappa shape index (κ2) is 22.4. The fraction of sp³-hybridized carbons (Fsp3) is 0.941. The van der Waals surface area contributed by atoms with Crippen LogP contribution in [0.2, 0.25) is 0 Å². The third-order valence-electron chi connectivity index (χ3n) is 18.7. The molecule has 25 heteroatoms. The topological polar surface area (TPSA) is 377 Å². The van der Waals surface area contributed by atoms with E-state index in [0.29, 0.717) is 38.5 Å². The van der Waals surface area contributed by atoms with Crippen molar-refractivity contribution in [2.24, 2.45) is 40.4 Å². The molecule has 24 nitrogen and oxygen atoms in total. The number of rotatable bonds is 15. The molecule has 12 N–H and O–H groups in total. The molecular formula is C51H84O24S. The van der Waals surface area contributed by atoms with Crippen molar-refractivity contribution in [2.45, 2.75) is 260 Å². The predicted molar refractivity (Wildman–Crippen MR) is 259 cm³/mol. The van der Waals surface area contributed by atoms with Gasteiger partial charge in [0.15, 0.2) is 25.2 Å². The van der Waals surface area contributed by atoms with Crippen LogP contribution >= 0.6 is 0 Å². The molecule has 0 bridgehead atoms. The van der Waals surface area contributed by atoms with Crippen molar-refractivity contribution in [2.75, 3.05) is 0 Å². The molecule has 438 valence electrons. The number of hydrogen-bond donors (Lipinski definition) is 12.